The Labute approximate surface area is 199 Å². The molecule has 0 bridgehead atoms. The van der Waals surface area contributed by atoms with Crippen LogP contribution in [0.2, 0.25) is 5.02 Å². The molecular weight excluding hydrogens is 464 g/mol. The molecule has 7 nitrogen and oxygen atoms in total. The molecule has 0 aliphatic carbocycles. The first-order valence-corrected chi connectivity index (χ1v) is 11.5. The number of esters is 1. The Kier molecular flexibility index (Phi) is 6.67. The van der Waals surface area contributed by atoms with E-state index in [0.29, 0.717) is 27.0 Å². The van der Waals surface area contributed by atoms with Gasteiger partial charge in [0.1, 0.15) is 22.9 Å². The summed E-state index contributed by atoms with van der Waals surface area (Å²) >= 11 is 7.29. The number of anilines is 2. The number of hydrogen-bond acceptors (Lipinski definition) is 6. The second kappa shape index (κ2) is 9.64. The summed E-state index contributed by atoms with van der Waals surface area (Å²) in [6.45, 7) is 3.48. The first kappa shape index (κ1) is 22.8. The van der Waals surface area contributed by atoms with Gasteiger partial charge in [-0.3, -0.25) is 14.5 Å². The minimum atomic E-state index is -0.524. The summed E-state index contributed by atoms with van der Waals surface area (Å²) in [6.07, 6.45) is 0. The molecule has 3 aromatic rings. The van der Waals surface area contributed by atoms with Gasteiger partial charge in [-0.2, -0.15) is 0 Å². The number of thiophene rings is 1. The van der Waals surface area contributed by atoms with Crippen molar-refractivity contribution in [2.45, 2.75) is 13.8 Å². The monoisotopic (exact) mass is 484 g/mol. The lowest BCUT2D eigenvalue weighted by Crippen LogP contribution is -2.43. The number of aryl methyl sites for hydroxylation is 1. The van der Waals surface area contributed by atoms with Gasteiger partial charge >= 0.3 is 5.97 Å². The Morgan fingerprint density at radius 3 is 2.70 bits per heavy atom. The largest absolute Gasteiger partial charge is 0.482 e. The van der Waals surface area contributed by atoms with E-state index in [1.165, 1.54) is 16.2 Å². The molecule has 0 unspecified atom stereocenters. The number of rotatable bonds is 6. The highest BCUT2D eigenvalue weighted by atomic mass is 35.5. The SMILES string of the molecule is CCOC(=O)c1c(-c2ccc(C)cc2)csc1NC(=O)CN1C(=O)COc2ccc(Cl)cc21. The molecule has 33 heavy (non-hydrogen) atoms. The normalized spacial score (nSPS) is 12.7. The molecule has 1 aromatic heterocycles. The topological polar surface area (TPSA) is 84.9 Å². The number of carbonyl (C=O) groups excluding carboxylic acids is 3. The molecule has 0 radical (unpaired) electrons. The maximum atomic E-state index is 12.9. The van der Waals surface area contributed by atoms with Crippen molar-refractivity contribution in [2.24, 2.45) is 0 Å². The molecule has 2 amide bonds. The molecule has 2 aromatic carbocycles. The maximum Gasteiger partial charge on any atom is 0.341 e. The quantitative estimate of drug-likeness (QED) is 0.502. The zero-order valence-corrected chi connectivity index (χ0v) is 19.6. The third kappa shape index (κ3) is 4.86. The molecule has 0 atom stereocenters. The zero-order chi connectivity index (χ0) is 23.5. The number of benzene rings is 2. The molecule has 4 rings (SSSR count). The standard InChI is InChI=1S/C24H21ClN2O5S/c1-3-31-24(30)22-17(15-6-4-14(2)5-7-15)13-33-23(22)26-20(28)11-27-18-10-16(25)8-9-19(18)32-12-21(27)29/h4-10,13H,3,11-12H2,1-2H3,(H,26,28). The van der Waals surface area contributed by atoms with E-state index in [1.54, 1.807) is 25.1 Å². The second-order valence-electron chi connectivity index (χ2n) is 7.37. The van der Waals surface area contributed by atoms with E-state index in [1.807, 2.05) is 36.6 Å². The van der Waals surface area contributed by atoms with Crippen molar-refractivity contribution in [1.29, 1.82) is 0 Å². The van der Waals surface area contributed by atoms with Gasteiger partial charge in [0.15, 0.2) is 6.61 Å². The van der Waals surface area contributed by atoms with Crippen LogP contribution >= 0.6 is 22.9 Å². The minimum absolute atomic E-state index is 0.174. The average molecular weight is 485 g/mol. The van der Waals surface area contributed by atoms with Gasteiger partial charge in [-0.1, -0.05) is 41.4 Å². The van der Waals surface area contributed by atoms with Crippen LogP contribution in [0.25, 0.3) is 11.1 Å². The van der Waals surface area contributed by atoms with Crippen LogP contribution in [0.4, 0.5) is 10.7 Å². The van der Waals surface area contributed by atoms with Gasteiger partial charge in [0.05, 0.1) is 12.3 Å². The van der Waals surface area contributed by atoms with Crippen molar-refractivity contribution in [3.05, 3.63) is 64.0 Å². The summed E-state index contributed by atoms with van der Waals surface area (Å²) in [4.78, 5) is 39.4. The van der Waals surface area contributed by atoms with E-state index in [0.717, 1.165) is 11.1 Å². The fourth-order valence-corrected chi connectivity index (χ4v) is 4.60. The van der Waals surface area contributed by atoms with Crippen molar-refractivity contribution >= 4 is 51.4 Å². The lowest BCUT2D eigenvalue weighted by molar-refractivity contribution is -0.123. The number of amides is 2. The van der Waals surface area contributed by atoms with Gasteiger partial charge in [0.2, 0.25) is 5.91 Å². The molecule has 0 spiro atoms. The summed E-state index contributed by atoms with van der Waals surface area (Å²) in [5.74, 6) is -0.878. The van der Waals surface area contributed by atoms with Crippen LogP contribution in [-0.2, 0) is 14.3 Å². The molecule has 1 aliphatic rings. The Bertz CT molecular complexity index is 1220. The highest BCUT2D eigenvalue weighted by molar-refractivity contribution is 7.15. The summed E-state index contributed by atoms with van der Waals surface area (Å²) in [5.41, 5.74) is 3.32. The molecule has 2 heterocycles. The van der Waals surface area contributed by atoms with Gasteiger partial charge in [-0.25, -0.2) is 4.79 Å². The van der Waals surface area contributed by atoms with Crippen LogP contribution in [0.3, 0.4) is 0 Å². The van der Waals surface area contributed by atoms with Crippen LogP contribution in [-0.4, -0.2) is 37.5 Å². The van der Waals surface area contributed by atoms with Crippen LogP contribution in [0.15, 0.2) is 47.8 Å². The van der Waals surface area contributed by atoms with E-state index in [4.69, 9.17) is 21.1 Å². The van der Waals surface area contributed by atoms with Crippen molar-refractivity contribution in [3.8, 4) is 16.9 Å². The fourth-order valence-electron chi connectivity index (χ4n) is 3.46. The van der Waals surface area contributed by atoms with Crippen LogP contribution in [0, 0.1) is 6.92 Å². The second-order valence-corrected chi connectivity index (χ2v) is 8.68. The van der Waals surface area contributed by atoms with Gasteiger partial charge in [-0.15, -0.1) is 11.3 Å². The molecule has 170 valence electrons. The maximum absolute atomic E-state index is 12.9. The highest BCUT2D eigenvalue weighted by Crippen LogP contribution is 2.37. The van der Waals surface area contributed by atoms with Gasteiger partial charge in [-0.05, 0) is 37.6 Å². The third-order valence-electron chi connectivity index (χ3n) is 5.05. The van der Waals surface area contributed by atoms with Crippen molar-refractivity contribution in [1.82, 2.24) is 0 Å². The van der Waals surface area contributed by atoms with Crippen molar-refractivity contribution in [2.75, 3.05) is 30.0 Å². The minimum Gasteiger partial charge on any atom is -0.482 e. The highest BCUT2D eigenvalue weighted by Gasteiger charge is 2.29. The first-order valence-electron chi connectivity index (χ1n) is 10.3. The lowest BCUT2D eigenvalue weighted by Gasteiger charge is -2.28. The average Bonchev–Trinajstić information content (AvgIpc) is 3.20. The van der Waals surface area contributed by atoms with E-state index in [-0.39, 0.29) is 31.2 Å². The van der Waals surface area contributed by atoms with Crippen LogP contribution in [0.1, 0.15) is 22.8 Å². The Morgan fingerprint density at radius 1 is 1.21 bits per heavy atom. The van der Waals surface area contributed by atoms with Crippen LogP contribution in [0.5, 0.6) is 5.75 Å². The van der Waals surface area contributed by atoms with E-state index in [9.17, 15) is 14.4 Å². The van der Waals surface area contributed by atoms with Crippen molar-refractivity contribution in [3.63, 3.8) is 0 Å². The number of ether oxygens (including phenoxy) is 2. The van der Waals surface area contributed by atoms with Gasteiger partial charge in [0.25, 0.3) is 5.91 Å². The summed E-state index contributed by atoms with van der Waals surface area (Å²) in [7, 11) is 0. The van der Waals surface area contributed by atoms with E-state index in [2.05, 4.69) is 5.32 Å². The van der Waals surface area contributed by atoms with Gasteiger partial charge in [0, 0.05) is 16.0 Å². The third-order valence-corrected chi connectivity index (χ3v) is 6.18. The van der Waals surface area contributed by atoms with E-state index < -0.39 is 11.9 Å². The predicted molar refractivity (Wildman–Crippen MR) is 128 cm³/mol. The Morgan fingerprint density at radius 2 is 1.97 bits per heavy atom. The summed E-state index contributed by atoms with van der Waals surface area (Å²) < 4.78 is 10.7. The number of nitrogens with one attached hydrogen (secondary N) is 1. The Hall–Kier alpha value is -3.36. The molecule has 0 fully saturated rings. The smallest absolute Gasteiger partial charge is 0.341 e. The molecule has 0 saturated heterocycles. The number of fused-ring (bicyclic) bond motifs is 1. The first-order chi connectivity index (χ1) is 15.9. The summed E-state index contributed by atoms with van der Waals surface area (Å²) in [6, 6.07) is 12.6. The Balaban J connectivity index is 1.61. The molecule has 0 saturated carbocycles. The number of carbonyl (C=O) groups is 3. The predicted octanol–water partition coefficient (Wildman–Crippen LogP) is 4.92. The number of hydrogen-bond donors (Lipinski definition) is 1. The van der Waals surface area contributed by atoms with E-state index >= 15 is 0 Å². The summed E-state index contributed by atoms with van der Waals surface area (Å²) in [5, 5.41) is 5.36. The molecule has 1 aliphatic heterocycles. The molecular formula is C24H21ClN2O5S. The molecule has 9 heteroatoms. The molecule has 1 N–H and O–H groups in total. The van der Waals surface area contributed by atoms with Crippen molar-refractivity contribution < 1.29 is 23.9 Å². The zero-order valence-electron chi connectivity index (χ0n) is 18.0. The van der Waals surface area contributed by atoms with Gasteiger partial charge < -0.3 is 14.8 Å². The number of halogens is 1. The fraction of sp³-hybridized carbons (Fsp3) is 0.208. The lowest BCUT2D eigenvalue weighted by atomic mass is 10.0. The number of nitrogens with zero attached hydrogens (tertiary/aromatic N) is 1. The van der Waals surface area contributed by atoms with Crippen LogP contribution < -0.4 is 15.0 Å².